The number of likely N-dealkylation sites (tertiary alicyclic amines) is 1. The third kappa shape index (κ3) is 3.74. The summed E-state index contributed by atoms with van der Waals surface area (Å²) >= 11 is 0. The molecule has 138 valence electrons. The fourth-order valence-corrected chi connectivity index (χ4v) is 4.25. The predicted molar refractivity (Wildman–Crippen MR) is 104 cm³/mol. The molecular formula is C21H28N4O. The lowest BCUT2D eigenvalue weighted by atomic mass is 9.96. The van der Waals surface area contributed by atoms with Gasteiger partial charge in [0.25, 0.3) is 5.91 Å². The van der Waals surface area contributed by atoms with Gasteiger partial charge in [-0.25, -0.2) is 0 Å². The Morgan fingerprint density at radius 1 is 1.12 bits per heavy atom. The minimum Gasteiger partial charge on any atom is -0.338 e. The average molecular weight is 352 g/mol. The van der Waals surface area contributed by atoms with Crippen LogP contribution < -0.4 is 0 Å². The zero-order chi connectivity index (χ0) is 17.9. The number of piperazine rings is 1. The van der Waals surface area contributed by atoms with Crippen LogP contribution in [0.5, 0.6) is 0 Å². The zero-order valence-electron chi connectivity index (χ0n) is 15.6. The molecule has 0 radical (unpaired) electrons. The summed E-state index contributed by atoms with van der Waals surface area (Å²) in [4.78, 5) is 24.6. The van der Waals surface area contributed by atoms with Gasteiger partial charge in [0.1, 0.15) is 0 Å². The number of rotatable bonds is 3. The van der Waals surface area contributed by atoms with Crippen molar-refractivity contribution < 1.29 is 4.79 Å². The molecule has 2 aliphatic heterocycles. The van der Waals surface area contributed by atoms with Gasteiger partial charge in [0.05, 0.1) is 11.1 Å². The molecule has 0 spiro atoms. The van der Waals surface area contributed by atoms with E-state index in [0.717, 1.165) is 68.7 Å². The molecule has 1 amide bonds. The summed E-state index contributed by atoms with van der Waals surface area (Å²) in [5, 5.41) is 0.959. The van der Waals surface area contributed by atoms with Crippen molar-refractivity contribution in [3.63, 3.8) is 0 Å². The van der Waals surface area contributed by atoms with Crippen LogP contribution in [0.25, 0.3) is 10.9 Å². The van der Waals surface area contributed by atoms with Crippen LogP contribution in [0.15, 0.2) is 36.5 Å². The first-order valence-corrected chi connectivity index (χ1v) is 9.74. The van der Waals surface area contributed by atoms with Crippen molar-refractivity contribution in [2.75, 3.05) is 52.9 Å². The van der Waals surface area contributed by atoms with Gasteiger partial charge in [-0.2, -0.15) is 0 Å². The van der Waals surface area contributed by atoms with E-state index in [-0.39, 0.29) is 5.91 Å². The van der Waals surface area contributed by atoms with Crippen molar-refractivity contribution in [1.82, 2.24) is 19.7 Å². The number of amides is 1. The second-order valence-corrected chi connectivity index (χ2v) is 7.74. The Labute approximate surface area is 155 Å². The third-order valence-electron chi connectivity index (χ3n) is 5.80. The highest BCUT2D eigenvalue weighted by Gasteiger charge is 2.27. The smallest absolute Gasteiger partial charge is 0.254 e. The van der Waals surface area contributed by atoms with Crippen molar-refractivity contribution >= 4 is 16.8 Å². The average Bonchev–Trinajstić information content (AvgIpc) is 2.69. The number of para-hydroxylation sites is 1. The first-order chi connectivity index (χ1) is 12.7. The number of likely N-dealkylation sites (N-methyl/N-ethyl adjacent to an activating group) is 1. The van der Waals surface area contributed by atoms with E-state index in [0.29, 0.717) is 5.92 Å². The normalized spacial score (nSPS) is 22.7. The summed E-state index contributed by atoms with van der Waals surface area (Å²) in [6, 6.07) is 9.79. The Morgan fingerprint density at radius 3 is 2.77 bits per heavy atom. The quantitative estimate of drug-likeness (QED) is 0.850. The number of pyridine rings is 1. The van der Waals surface area contributed by atoms with Gasteiger partial charge >= 0.3 is 0 Å². The van der Waals surface area contributed by atoms with Gasteiger partial charge in [0, 0.05) is 57.4 Å². The fourth-order valence-electron chi connectivity index (χ4n) is 4.25. The molecule has 5 heteroatoms. The van der Waals surface area contributed by atoms with Crippen LogP contribution in [0.2, 0.25) is 0 Å². The lowest BCUT2D eigenvalue weighted by molar-refractivity contribution is 0.0611. The second kappa shape index (κ2) is 7.72. The van der Waals surface area contributed by atoms with E-state index in [1.54, 1.807) is 6.20 Å². The first-order valence-electron chi connectivity index (χ1n) is 9.74. The topological polar surface area (TPSA) is 39.7 Å². The molecule has 1 aromatic carbocycles. The largest absolute Gasteiger partial charge is 0.338 e. The highest BCUT2D eigenvalue weighted by atomic mass is 16.2. The summed E-state index contributed by atoms with van der Waals surface area (Å²) in [7, 11) is 2.19. The lowest BCUT2D eigenvalue weighted by Gasteiger charge is -2.38. The molecule has 2 aromatic rings. The van der Waals surface area contributed by atoms with Gasteiger partial charge in [-0.1, -0.05) is 18.2 Å². The third-order valence-corrected chi connectivity index (χ3v) is 5.80. The fraction of sp³-hybridized carbons (Fsp3) is 0.524. The van der Waals surface area contributed by atoms with E-state index in [9.17, 15) is 4.79 Å². The molecule has 2 saturated heterocycles. The Hall–Kier alpha value is -1.98. The molecule has 26 heavy (non-hydrogen) atoms. The van der Waals surface area contributed by atoms with Crippen molar-refractivity contribution in [3.8, 4) is 0 Å². The Balaban J connectivity index is 1.44. The molecule has 1 atom stereocenters. The number of hydrogen-bond donors (Lipinski definition) is 0. The monoisotopic (exact) mass is 352 g/mol. The standard InChI is InChI=1S/C21H28N4O/c1-23-11-13-24(14-12-23)15-17-5-4-10-25(16-17)21(26)19-8-9-22-20-7-3-2-6-18(19)20/h2-3,6-9,17H,4-5,10-16H2,1H3/t17-/m1/s1. The van der Waals surface area contributed by atoms with Crippen molar-refractivity contribution in [2.45, 2.75) is 12.8 Å². The highest BCUT2D eigenvalue weighted by molar-refractivity contribution is 6.05. The molecule has 3 heterocycles. The summed E-state index contributed by atoms with van der Waals surface area (Å²) in [6.07, 6.45) is 4.08. The van der Waals surface area contributed by atoms with Crippen molar-refractivity contribution in [2.24, 2.45) is 5.92 Å². The number of carbonyl (C=O) groups excluding carboxylic acids is 1. The second-order valence-electron chi connectivity index (χ2n) is 7.74. The van der Waals surface area contributed by atoms with Gasteiger partial charge in [-0.15, -0.1) is 0 Å². The molecule has 2 fully saturated rings. The summed E-state index contributed by atoms with van der Waals surface area (Å²) < 4.78 is 0. The molecule has 0 N–H and O–H groups in total. The van der Waals surface area contributed by atoms with E-state index < -0.39 is 0 Å². The molecule has 0 saturated carbocycles. The van der Waals surface area contributed by atoms with Gasteiger partial charge in [0.2, 0.25) is 0 Å². The van der Waals surface area contributed by atoms with Crippen LogP contribution in [0.4, 0.5) is 0 Å². The molecule has 0 unspecified atom stereocenters. The van der Waals surface area contributed by atoms with E-state index >= 15 is 0 Å². The number of benzene rings is 1. The van der Waals surface area contributed by atoms with E-state index in [1.807, 2.05) is 30.3 Å². The molecule has 0 aliphatic carbocycles. The molecule has 4 rings (SSSR count). The minimum atomic E-state index is 0.159. The van der Waals surface area contributed by atoms with Crippen LogP contribution in [-0.4, -0.2) is 78.5 Å². The summed E-state index contributed by atoms with van der Waals surface area (Å²) in [5.74, 6) is 0.746. The van der Waals surface area contributed by atoms with E-state index in [2.05, 4.69) is 26.7 Å². The summed E-state index contributed by atoms with van der Waals surface area (Å²) in [5.41, 5.74) is 1.68. The Bertz CT molecular complexity index is 764. The molecule has 0 bridgehead atoms. The highest BCUT2D eigenvalue weighted by Crippen LogP contribution is 2.23. The number of nitrogens with zero attached hydrogens (tertiary/aromatic N) is 4. The number of piperidine rings is 1. The molecule has 2 aliphatic rings. The van der Waals surface area contributed by atoms with E-state index in [4.69, 9.17) is 0 Å². The minimum absolute atomic E-state index is 0.159. The van der Waals surface area contributed by atoms with Gasteiger partial charge in [0.15, 0.2) is 0 Å². The Morgan fingerprint density at radius 2 is 1.92 bits per heavy atom. The number of fused-ring (bicyclic) bond motifs is 1. The molecule has 5 nitrogen and oxygen atoms in total. The maximum atomic E-state index is 13.2. The lowest BCUT2D eigenvalue weighted by Crippen LogP contribution is -2.49. The van der Waals surface area contributed by atoms with Gasteiger partial charge in [-0.3, -0.25) is 9.78 Å². The van der Waals surface area contributed by atoms with Gasteiger partial charge < -0.3 is 14.7 Å². The zero-order valence-corrected chi connectivity index (χ0v) is 15.6. The number of hydrogen-bond acceptors (Lipinski definition) is 4. The maximum absolute atomic E-state index is 13.2. The van der Waals surface area contributed by atoms with Crippen LogP contribution in [-0.2, 0) is 0 Å². The SMILES string of the molecule is CN1CCN(C[C@H]2CCCN(C(=O)c3ccnc4ccccc34)C2)CC1. The van der Waals surface area contributed by atoms with Crippen LogP contribution in [0, 0.1) is 5.92 Å². The van der Waals surface area contributed by atoms with Gasteiger partial charge in [-0.05, 0) is 37.9 Å². The van der Waals surface area contributed by atoms with Crippen LogP contribution in [0.3, 0.4) is 0 Å². The molecular weight excluding hydrogens is 324 g/mol. The first kappa shape index (κ1) is 17.4. The van der Waals surface area contributed by atoms with Crippen molar-refractivity contribution in [1.29, 1.82) is 0 Å². The van der Waals surface area contributed by atoms with Crippen LogP contribution >= 0.6 is 0 Å². The maximum Gasteiger partial charge on any atom is 0.254 e. The number of carbonyl (C=O) groups is 1. The van der Waals surface area contributed by atoms with E-state index in [1.165, 1.54) is 6.42 Å². The number of aromatic nitrogens is 1. The Kier molecular flexibility index (Phi) is 5.18. The van der Waals surface area contributed by atoms with Crippen LogP contribution in [0.1, 0.15) is 23.2 Å². The molecule has 1 aromatic heterocycles. The predicted octanol–water partition coefficient (Wildman–Crippen LogP) is 2.33. The summed E-state index contributed by atoms with van der Waals surface area (Å²) in [6.45, 7) is 7.47. The van der Waals surface area contributed by atoms with Crippen molar-refractivity contribution in [3.05, 3.63) is 42.1 Å².